The molecule has 0 aromatic heterocycles. The van der Waals surface area contributed by atoms with E-state index >= 15 is 0 Å². The summed E-state index contributed by atoms with van der Waals surface area (Å²) in [5.41, 5.74) is 11.3. The molecule has 0 saturated heterocycles. The number of amidine groups is 2. The number of rotatable bonds is 15. The highest BCUT2D eigenvalue weighted by molar-refractivity contribution is 5.96. The van der Waals surface area contributed by atoms with Crippen molar-refractivity contribution in [3.63, 3.8) is 0 Å². The van der Waals surface area contributed by atoms with E-state index in [1.165, 1.54) is 56.9 Å². The molecule has 1 fully saturated rings. The third-order valence-corrected chi connectivity index (χ3v) is 7.37. The van der Waals surface area contributed by atoms with Crippen molar-refractivity contribution in [1.29, 1.82) is 0 Å². The van der Waals surface area contributed by atoms with Gasteiger partial charge >= 0.3 is 0 Å². The molecule has 1 aromatic rings. The van der Waals surface area contributed by atoms with E-state index in [4.69, 9.17) is 5.73 Å². The molecule has 2 rings (SSSR count). The predicted octanol–water partition coefficient (Wildman–Crippen LogP) is 8.50. The Morgan fingerprint density at radius 2 is 1.49 bits per heavy atom. The summed E-state index contributed by atoms with van der Waals surface area (Å²) >= 11 is 0. The lowest BCUT2D eigenvalue weighted by Gasteiger charge is -2.12. The van der Waals surface area contributed by atoms with Crippen LogP contribution in [-0.2, 0) is 9.53 Å². The van der Waals surface area contributed by atoms with E-state index in [1.807, 2.05) is 32.1 Å². The minimum absolute atomic E-state index is 0.135. The summed E-state index contributed by atoms with van der Waals surface area (Å²) in [6.45, 7) is 22.4. The number of hydrogen-bond acceptors (Lipinski definition) is 5. The smallest absolute Gasteiger partial charge is 0.251 e. The van der Waals surface area contributed by atoms with Crippen molar-refractivity contribution in [2.24, 2.45) is 15.7 Å². The van der Waals surface area contributed by atoms with Gasteiger partial charge in [0.1, 0.15) is 5.84 Å². The molecule has 2 amide bonds. The van der Waals surface area contributed by atoms with Gasteiger partial charge in [-0.2, -0.15) is 0 Å². The van der Waals surface area contributed by atoms with Crippen molar-refractivity contribution in [3.05, 3.63) is 77.2 Å². The second kappa shape index (κ2) is 32.6. The first kappa shape index (κ1) is 47.1. The van der Waals surface area contributed by atoms with Crippen molar-refractivity contribution in [2.75, 3.05) is 33.4 Å². The molecule has 9 nitrogen and oxygen atoms in total. The highest BCUT2D eigenvalue weighted by Crippen LogP contribution is 2.17. The van der Waals surface area contributed by atoms with Crippen molar-refractivity contribution in [2.45, 2.75) is 113 Å². The quantitative estimate of drug-likeness (QED) is 0.0485. The monoisotopic (exact) mass is 681 g/mol. The molecule has 1 saturated carbocycles. The lowest BCUT2D eigenvalue weighted by Crippen LogP contribution is -2.26. The average molecular weight is 681 g/mol. The average Bonchev–Trinajstić information content (AvgIpc) is 3.12. The molecule has 0 unspecified atom stereocenters. The fourth-order valence-corrected chi connectivity index (χ4v) is 3.97. The number of unbranched alkanes of at least 4 members (excludes halogenated alkanes) is 1. The molecule has 1 aliphatic carbocycles. The molecule has 0 radical (unpaired) electrons. The Bertz CT molecular complexity index is 1180. The van der Waals surface area contributed by atoms with Gasteiger partial charge in [-0.05, 0) is 70.4 Å². The Labute approximate surface area is 298 Å². The number of allylic oxidation sites excluding steroid dienone is 4. The topological polar surface area (TPSA) is 130 Å². The standard InChI is InChI=1S/C26H37N5O.C6H12.C4H9NO2.C4H10/c1-8-19(5)20(6)31-25(28-10-3)15-18(4)16-30-26(32)24-13-11-23(12-14-24)22(9-2)17-29-21(7)27;1-2-4-6-5-3-1;1-7-3-2-5-4-6;1-3-4-2/h9,11-15,17H,2,8,10,16H2,1,3-7H3,(H2,27,29)(H,28,31)(H,30,32);1-6H2;4H,2-3H2,1H3,(H,5,6);3-4H2,1-2H3/b18-15+,20-19?,22-17+;;;. The first-order chi connectivity index (χ1) is 23.5. The van der Waals surface area contributed by atoms with Crippen LogP contribution >= 0.6 is 0 Å². The summed E-state index contributed by atoms with van der Waals surface area (Å²) < 4.78 is 4.62. The number of ether oxygens (including phenoxy) is 1. The minimum atomic E-state index is -0.135. The van der Waals surface area contributed by atoms with Gasteiger partial charge in [0.2, 0.25) is 6.41 Å². The Morgan fingerprint density at radius 3 is 1.92 bits per heavy atom. The molecule has 0 bridgehead atoms. The van der Waals surface area contributed by atoms with Gasteiger partial charge in [0.15, 0.2) is 0 Å². The lowest BCUT2D eigenvalue weighted by atomic mass is 10.0. The Kier molecular flexibility index (Phi) is 31.3. The van der Waals surface area contributed by atoms with Crippen LogP contribution < -0.4 is 21.7 Å². The molecule has 0 atom stereocenters. The highest BCUT2D eigenvalue weighted by atomic mass is 16.5. The summed E-state index contributed by atoms with van der Waals surface area (Å²) in [4.78, 5) is 30.7. The van der Waals surface area contributed by atoms with Crippen LogP contribution in [0.1, 0.15) is 129 Å². The number of nitrogens with zero attached hydrogens (tertiary/aromatic N) is 2. The number of benzene rings is 1. The van der Waals surface area contributed by atoms with Crippen LogP contribution in [-0.4, -0.2) is 57.3 Å². The normalized spacial score (nSPS) is 13.9. The van der Waals surface area contributed by atoms with Crippen molar-refractivity contribution in [1.82, 2.24) is 16.0 Å². The number of hydrogen-bond donors (Lipinski definition) is 4. The number of methoxy groups -OCH3 is 1. The van der Waals surface area contributed by atoms with Gasteiger partial charge in [-0.15, -0.1) is 0 Å². The largest absolute Gasteiger partial charge is 0.387 e. The van der Waals surface area contributed by atoms with E-state index in [2.05, 4.69) is 71.9 Å². The zero-order chi connectivity index (χ0) is 37.3. The van der Waals surface area contributed by atoms with Crippen LogP contribution in [0.4, 0.5) is 0 Å². The Morgan fingerprint density at radius 1 is 0.939 bits per heavy atom. The summed E-state index contributed by atoms with van der Waals surface area (Å²) in [5.74, 6) is 1.13. The zero-order valence-electron chi connectivity index (χ0n) is 32.2. The SMILES string of the molecule is C1CCCCC1.C=C/C(=C\N=C(C)N)c1ccc(C(=O)NC/C(C)=C/C(=NCC)NC(C)=C(C)CC)cc1.CCCC.COCCNC=O. The third kappa shape index (κ3) is 26.6. The number of carbonyl (C=O) groups excluding carboxylic acids is 2. The number of aliphatic imine (C=N–C) groups is 2. The first-order valence-corrected chi connectivity index (χ1v) is 17.9. The maximum atomic E-state index is 12.6. The number of nitrogens with one attached hydrogen (secondary N) is 3. The van der Waals surface area contributed by atoms with Crippen molar-refractivity contribution < 1.29 is 14.3 Å². The van der Waals surface area contributed by atoms with Crippen LogP contribution in [0.15, 0.2) is 76.0 Å². The van der Waals surface area contributed by atoms with E-state index in [9.17, 15) is 9.59 Å². The minimum Gasteiger partial charge on any atom is -0.387 e. The van der Waals surface area contributed by atoms with Gasteiger partial charge in [0, 0.05) is 44.2 Å². The molecule has 0 spiro atoms. The molecule has 5 N–H and O–H groups in total. The van der Waals surface area contributed by atoms with Crippen molar-refractivity contribution >= 4 is 29.6 Å². The van der Waals surface area contributed by atoms with Crippen LogP contribution in [0.3, 0.4) is 0 Å². The molecular weight excluding hydrogens is 612 g/mol. The zero-order valence-corrected chi connectivity index (χ0v) is 32.2. The fraction of sp³-hybridized carbons (Fsp3) is 0.550. The summed E-state index contributed by atoms with van der Waals surface area (Å²) in [6, 6.07) is 7.31. The Balaban J connectivity index is 0. The summed E-state index contributed by atoms with van der Waals surface area (Å²) in [7, 11) is 1.59. The second-order valence-electron chi connectivity index (χ2n) is 11.7. The van der Waals surface area contributed by atoms with E-state index < -0.39 is 0 Å². The summed E-state index contributed by atoms with van der Waals surface area (Å²) in [5, 5.41) is 8.77. The maximum absolute atomic E-state index is 12.6. The molecular formula is C40H68N6O3. The van der Waals surface area contributed by atoms with Crippen LogP contribution in [0.5, 0.6) is 0 Å². The second-order valence-corrected chi connectivity index (χ2v) is 11.7. The summed E-state index contributed by atoms with van der Waals surface area (Å²) in [6.07, 6.45) is 18.6. The van der Waals surface area contributed by atoms with Gasteiger partial charge < -0.3 is 26.4 Å². The molecule has 49 heavy (non-hydrogen) atoms. The lowest BCUT2D eigenvalue weighted by molar-refractivity contribution is -0.109. The molecule has 276 valence electrons. The van der Waals surface area contributed by atoms with Gasteiger partial charge in [0.05, 0.1) is 12.4 Å². The molecule has 0 aliphatic heterocycles. The molecule has 1 aromatic carbocycles. The van der Waals surface area contributed by atoms with E-state index in [0.717, 1.165) is 34.7 Å². The van der Waals surface area contributed by atoms with E-state index in [1.54, 1.807) is 38.4 Å². The predicted molar refractivity (Wildman–Crippen MR) is 212 cm³/mol. The Hall–Kier alpha value is -3.98. The molecule has 0 heterocycles. The number of carbonyl (C=O) groups is 2. The van der Waals surface area contributed by atoms with Gasteiger partial charge in [-0.1, -0.05) is 108 Å². The van der Waals surface area contributed by atoms with Crippen LogP contribution in [0.2, 0.25) is 0 Å². The van der Waals surface area contributed by atoms with E-state index in [0.29, 0.717) is 44.1 Å². The highest BCUT2D eigenvalue weighted by Gasteiger charge is 2.07. The molecule has 9 heteroatoms. The van der Waals surface area contributed by atoms with E-state index in [-0.39, 0.29) is 5.91 Å². The van der Waals surface area contributed by atoms with Gasteiger partial charge in [0.25, 0.3) is 5.91 Å². The number of nitrogens with two attached hydrogens (primary N) is 1. The maximum Gasteiger partial charge on any atom is 0.251 e. The van der Waals surface area contributed by atoms with Crippen molar-refractivity contribution in [3.8, 4) is 0 Å². The van der Waals surface area contributed by atoms with Crippen LogP contribution in [0, 0.1) is 0 Å². The fourth-order valence-electron chi connectivity index (χ4n) is 3.97. The van der Waals surface area contributed by atoms with Gasteiger partial charge in [-0.3, -0.25) is 14.6 Å². The van der Waals surface area contributed by atoms with Crippen LogP contribution in [0.25, 0.3) is 5.57 Å². The number of amides is 2. The third-order valence-electron chi connectivity index (χ3n) is 7.37. The van der Waals surface area contributed by atoms with Gasteiger partial charge in [-0.25, -0.2) is 4.99 Å². The first-order valence-electron chi connectivity index (χ1n) is 17.9. The molecule has 1 aliphatic rings.